The molecular formula is C14H16F3NO. The van der Waals surface area contributed by atoms with E-state index in [2.05, 4.69) is 10.8 Å². The van der Waals surface area contributed by atoms with Crippen LogP contribution in [0, 0.1) is 6.92 Å². The van der Waals surface area contributed by atoms with Gasteiger partial charge >= 0.3 is 6.18 Å². The van der Waals surface area contributed by atoms with Crippen LogP contribution in [0.15, 0.2) is 30.5 Å². The summed E-state index contributed by atoms with van der Waals surface area (Å²) in [5, 5.41) is 1.14. The van der Waals surface area contributed by atoms with E-state index < -0.39 is 12.8 Å². The number of rotatable bonds is 5. The summed E-state index contributed by atoms with van der Waals surface area (Å²) in [7, 11) is 0. The van der Waals surface area contributed by atoms with Gasteiger partial charge in [-0.25, -0.2) is 0 Å². The number of benzene rings is 1. The van der Waals surface area contributed by atoms with Gasteiger partial charge in [-0.2, -0.15) is 13.2 Å². The molecule has 104 valence electrons. The third-order valence-electron chi connectivity index (χ3n) is 2.88. The van der Waals surface area contributed by atoms with Gasteiger partial charge in [0.15, 0.2) is 0 Å². The molecule has 19 heavy (non-hydrogen) atoms. The largest absolute Gasteiger partial charge is 0.411 e. The van der Waals surface area contributed by atoms with Crippen LogP contribution < -0.4 is 0 Å². The lowest BCUT2D eigenvalue weighted by Crippen LogP contribution is -2.17. The first-order chi connectivity index (χ1) is 8.96. The van der Waals surface area contributed by atoms with Crippen LogP contribution in [-0.4, -0.2) is 24.0 Å². The molecule has 1 aromatic heterocycles. The Bertz CT molecular complexity index is 545. The Balaban J connectivity index is 1.86. The van der Waals surface area contributed by atoms with Crippen molar-refractivity contribution in [2.75, 3.05) is 13.2 Å². The number of ether oxygens (including phenoxy) is 1. The molecule has 0 spiro atoms. The predicted octanol–water partition coefficient (Wildman–Crippen LogP) is 3.92. The molecule has 0 radical (unpaired) electrons. The molecule has 0 amide bonds. The molecule has 1 heterocycles. The summed E-state index contributed by atoms with van der Waals surface area (Å²) in [6.07, 6.45) is -1.72. The topological polar surface area (TPSA) is 14.2 Å². The molecule has 0 N–H and O–H groups in total. The van der Waals surface area contributed by atoms with Crippen LogP contribution in [-0.2, 0) is 11.3 Å². The number of hydrogen-bond donors (Lipinski definition) is 0. The number of aromatic nitrogens is 1. The van der Waals surface area contributed by atoms with Gasteiger partial charge < -0.3 is 9.30 Å². The first-order valence-corrected chi connectivity index (χ1v) is 6.16. The summed E-state index contributed by atoms with van der Waals surface area (Å²) in [5.74, 6) is 0. The van der Waals surface area contributed by atoms with Gasteiger partial charge in [0.1, 0.15) is 6.61 Å². The SMILES string of the molecule is Cc1ccc2ccn(CCCOCC(F)(F)F)c2c1. The monoisotopic (exact) mass is 271 g/mol. The zero-order valence-electron chi connectivity index (χ0n) is 10.7. The van der Waals surface area contributed by atoms with E-state index in [1.165, 1.54) is 5.56 Å². The minimum atomic E-state index is -4.24. The number of fused-ring (bicyclic) bond motifs is 1. The van der Waals surface area contributed by atoms with E-state index in [0.29, 0.717) is 13.0 Å². The molecule has 0 aliphatic carbocycles. The number of alkyl halides is 3. The van der Waals surface area contributed by atoms with Gasteiger partial charge in [0, 0.05) is 24.9 Å². The molecule has 0 atom stereocenters. The van der Waals surface area contributed by atoms with Crippen molar-refractivity contribution in [3.05, 3.63) is 36.0 Å². The molecule has 0 unspecified atom stereocenters. The Hall–Kier alpha value is -1.49. The van der Waals surface area contributed by atoms with Gasteiger partial charge in [-0.15, -0.1) is 0 Å². The van der Waals surface area contributed by atoms with Crippen LogP contribution in [0.1, 0.15) is 12.0 Å². The average Bonchev–Trinajstić information content (AvgIpc) is 2.70. The first kappa shape index (κ1) is 13.9. The minimum absolute atomic E-state index is 0.116. The summed E-state index contributed by atoms with van der Waals surface area (Å²) in [6, 6.07) is 8.16. The van der Waals surface area contributed by atoms with Gasteiger partial charge in [-0.3, -0.25) is 0 Å². The highest BCUT2D eigenvalue weighted by atomic mass is 19.4. The van der Waals surface area contributed by atoms with Crippen LogP contribution in [0.25, 0.3) is 10.9 Å². The van der Waals surface area contributed by atoms with Crippen molar-refractivity contribution >= 4 is 10.9 Å². The Labute approximate surface area is 109 Å². The average molecular weight is 271 g/mol. The van der Waals surface area contributed by atoms with E-state index >= 15 is 0 Å². The van der Waals surface area contributed by atoms with E-state index in [9.17, 15) is 13.2 Å². The van der Waals surface area contributed by atoms with Crippen LogP contribution in [0.2, 0.25) is 0 Å². The Morgan fingerprint density at radius 2 is 2.00 bits per heavy atom. The Morgan fingerprint density at radius 1 is 1.21 bits per heavy atom. The van der Waals surface area contributed by atoms with Gasteiger partial charge in [0.25, 0.3) is 0 Å². The van der Waals surface area contributed by atoms with Crippen molar-refractivity contribution in [1.82, 2.24) is 4.57 Å². The van der Waals surface area contributed by atoms with Gasteiger partial charge in [0.05, 0.1) is 0 Å². The maximum absolute atomic E-state index is 11.9. The third kappa shape index (κ3) is 3.99. The second kappa shape index (κ2) is 5.65. The Morgan fingerprint density at radius 3 is 2.74 bits per heavy atom. The van der Waals surface area contributed by atoms with Crippen LogP contribution >= 0.6 is 0 Å². The van der Waals surface area contributed by atoms with Gasteiger partial charge in [-0.05, 0) is 36.4 Å². The standard InChI is InChI=1S/C14H16F3NO/c1-11-3-4-12-5-7-18(13(12)9-11)6-2-8-19-10-14(15,16)17/h3-5,7,9H,2,6,8,10H2,1H3. The molecule has 2 rings (SSSR count). The lowest BCUT2D eigenvalue weighted by atomic mass is 10.2. The fourth-order valence-electron chi connectivity index (χ4n) is 2.01. The highest BCUT2D eigenvalue weighted by molar-refractivity contribution is 5.80. The summed E-state index contributed by atoms with van der Waals surface area (Å²) < 4.78 is 42.3. The smallest absolute Gasteiger partial charge is 0.372 e. The van der Waals surface area contributed by atoms with E-state index in [4.69, 9.17) is 0 Å². The van der Waals surface area contributed by atoms with Crippen molar-refractivity contribution in [1.29, 1.82) is 0 Å². The molecule has 2 aromatic rings. The van der Waals surface area contributed by atoms with Crippen LogP contribution in [0.3, 0.4) is 0 Å². The fraction of sp³-hybridized carbons (Fsp3) is 0.429. The molecular weight excluding hydrogens is 255 g/mol. The minimum Gasteiger partial charge on any atom is -0.372 e. The second-order valence-corrected chi connectivity index (χ2v) is 4.59. The zero-order valence-corrected chi connectivity index (χ0v) is 10.7. The molecule has 0 saturated heterocycles. The normalized spacial score (nSPS) is 12.2. The lowest BCUT2D eigenvalue weighted by molar-refractivity contribution is -0.174. The molecule has 0 saturated carbocycles. The zero-order chi connectivity index (χ0) is 13.9. The summed E-state index contributed by atoms with van der Waals surface area (Å²) in [6.45, 7) is 1.62. The van der Waals surface area contributed by atoms with Crippen molar-refractivity contribution in [2.45, 2.75) is 26.1 Å². The number of halogens is 3. The van der Waals surface area contributed by atoms with Crippen LogP contribution in [0.5, 0.6) is 0 Å². The summed E-state index contributed by atoms with van der Waals surface area (Å²) in [4.78, 5) is 0. The molecule has 0 aliphatic heterocycles. The fourth-order valence-corrected chi connectivity index (χ4v) is 2.01. The van der Waals surface area contributed by atoms with Crippen molar-refractivity contribution in [2.24, 2.45) is 0 Å². The van der Waals surface area contributed by atoms with E-state index in [0.717, 1.165) is 10.9 Å². The lowest BCUT2D eigenvalue weighted by Gasteiger charge is -2.09. The number of hydrogen-bond acceptors (Lipinski definition) is 1. The van der Waals surface area contributed by atoms with Gasteiger partial charge in [0.2, 0.25) is 0 Å². The van der Waals surface area contributed by atoms with Crippen molar-refractivity contribution in [3.63, 3.8) is 0 Å². The van der Waals surface area contributed by atoms with Crippen LogP contribution in [0.4, 0.5) is 13.2 Å². The van der Waals surface area contributed by atoms with E-state index in [1.807, 2.05) is 35.9 Å². The van der Waals surface area contributed by atoms with Crippen molar-refractivity contribution < 1.29 is 17.9 Å². The molecule has 0 aliphatic rings. The molecule has 5 heteroatoms. The second-order valence-electron chi connectivity index (χ2n) is 4.59. The number of aryl methyl sites for hydroxylation is 2. The summed E-state index contributed by atoms with van der Waals surface area (Å²) >= 11 is 0. The maximum Gasteiger partial charge on any atom is 0.411 e. The molecule has 0 fully saturated rings. The predicted molar refractivity (Wildman–Crippen MR) is 68.2 cm³/mol. The highest BCUT2D eigenvalue weighted by Crippen LogP contribution is 2.18. The molecule has 1 aromatic carbocycles. The molecule has 0 bridgehead atoms. The Kier molecular flexibility index (Phi) is 4.14. The van der Waals surface area contributed by atoms with Gasteiger partial charge in [-0.1, -0.05) is 12.1 Å². The third-order valence-corrected chi connectivity index (χ3v) is 2.88. The van der Waals surface area contributed by atoms with E-state index in [1.54, 1.807) is 0 Å². The highest BCUT2D eigenvalue weighted by Gasteiger charge is 2.27. The quantitative estimate of drug-likeness (QED) is 0.752. The van der Waals surface area contributed by atoms with E-state index in [-0.39, 0.29) is 6.61 Å². The summed E-state index contributed by atoms with van der Waals surface area (Å²) in [5.41, 5.74) is 2.27. The maximum atomic E-state index is 11.9. The first-order valence-electron chi connectivity index (χ1n) is 6.16. The number of nitrogens with zero attached hydrogens (tertiary/aromatic N) is 1. The van der Waals surface area contributed by atoms with Crippen molar-refractivity contribution in [3.8, 4) is 0 Å². The molecule has 2 nitrogen and oxygen atoms in total.